The summed E-state index contributed by atoms with van der Waals surface area (Å²) in [7, 11) is -3.80. The summed E-state index contributed by atoms with van der Waals surface area (Å²) in [6.45, 7) is 2.03. The fourth-order valence-electron chi connectivity index (χ4n) is 3.91. The number of carbonyl (C=O) groups is 1. The van der Waals surface area contributed by atoms with Crippen LogP contribution in [-0.2, 0) is 20.2 Å². The predicted octanol–water partition coefficient (Wildman–Crippen LogP) is 3.10. The molecule has 0 atom stereocenters. The van der Waals surface area contributed by atoms with Gasteiger partial charge in [0.1, 0.15) is 5.82 Å². The number of anilines is 1. The van der Waals surface area contributed by atoms with Crippen LogP contribution < -0.4 is 19.9 Å². The SMILES string of the molecule is Cc1cc(-c2cccc(S(N)(=O)=O)c2)cnc1NC(=O)C1(c2ccc3c(c2)OCO3)CC1. The summed E-state index contributed by atoms with van der Waals surface area (Å²) in [6, 6.07) is 13.8. The smallest absolute Gasteiger partial charge is 0.238 e. The van der Waals surface area contributed by atoms with E-state index >= 15 is 0 Å². The Hall–Kier alpha value is -3.43. The number of aryl methyl sites for hydroxylation is 1. The van der Waals surface area contributed by atoms with Crippen LogP contribution in [0.15, 0.2) is 59.6 Å². The molecule has 2 aliphatic rings. The minimum absolute atomic E-state index is 0.0319. The fraction of sp³-hybridized carbons (Fsp3) is 0.217. The molecule has 1 saturated carbocycles. The molecule has 1 aliphatic heterocycles. The number of rotatable bonds is 5. The molecule has 8 nitrogen and oxygen atoms in total. The first-order valence-electron chi connectivity index (χ1n) is 10.1. The summed E-state index contributed by atoms with van der Waals surface area (Å²) in [4.78, 5) is 17.6. The van der Waals surface area contributed by atoms with Gasteiger partial charge in [-0.25, -0.2) is 18.5 Å². The van der Waals surface area contributed by atoms with E-state index < -0.39 is 15.4 Å². The minimum atomic E-state index is -3.80. The molecule has 0 saturated heterocycles. The van der Waals surface area contributed by atoms with Crippen LogP contribution in [0.3, 0.4) is 0 Å². The van der Waals surface area contributed by atoms with Crippen molar-refractivity contribution in [1.29, 1.82) is 0 Å². The lowest BCUT2D eigenvalue weighted by molar-refractivity contribution is -0.118. The number of aromatic nitrogens is 1. The van der Waals surface area contributed by atoms with Crippen LogP contribution in [0.5, 0.6) is 11.5 Å². The van der Waals surface area contributed by atoms with E-state index in [1.54, 1.807) is 18.3 Å². The third-order valence-corrected chi connectivity index (χ3v) is 6.83. The first-order valence-corrected chi connectivity index (χ1v) is 11.6. The number of benzene rings is 2. The molecule has 3 N–H and O–H groups in total. The number of pyridine rings is 1. The number of nitrogens with zero attached hydrogens (tertiary/aromatic N) is 1. The van der Waals surface area contributed by atoms with Crippen LogP contribution in [0.4, 0.5) is 5.82 Å². The standard InChI is InChI=1S/C23H21N3O5S/c1-14-9-16(15-3-2-4-18(10-15)32(24,28)29)12-25-21(14)26-22(27)23(7-8-23)17-5-6-19-20(11-17)31-13-30-19/h2-6,9-12H,7-8,13H2,1H3,(H2,24,28,29)(H,25,26,27). The highest BCUT2D eigenvalue weighted by Gasteiger charge is 2.51. The molecule has 1 aromatic heterocycles. The topological polar surface area (TPSA) is 121 Å². The van der Waals surface area contributed by atoms with Crippen molar-refractivity contribution in [3.8, 4) is 22.6 Å². The van der Waals surface area contributed by atoms with Gasteiger partial charge in [-0.05, 0) is 66.8 Å². The van der Waals surface area contributed by atoms with Crippen LogP contribution >= 0.6 is 0 Å². The van der Waals surface area contributed by atoms with Crippen molar-refractivity contribution in [2.75, 3.05) is 12.1 Å². The van der Waals surface area contributed by atoms with Gasteiger partial charge in [-0.15, -0.1) is 0 Å². The van der Waals surface area contributed by atoms with Gasteiger partial charge >= 0.3 is 0 Å². The van der Waals surface area contributed by atoms with Crippen LogP contribution in [0, 0.1) is 6.92 Å². The molecule has 1 amide bonds. The molecular weight excluding hydrogens is 430 g/mol. The molecule has 0 spiro atoms. The van der Waals surface area contributed by atoms with Crippen molar-refractivity contribution in [2.24, 2.45) is 5.14 Å². The molecule has 0 radical (unpaired) electrons. The number of nitrogens with two attached hydrogens (primary N) is 1. The van der Waals surface area contributed by atoms with Crippen molar-refractivity contribution < 1.29 is 22.7 Å². The number of amides is 1. The van der Waals surface area contributed by atoms with Gasteiger partial charge in [0.15, 0.2) is 11.5 Å². The minimum Gasteiger partial charge on any atom is -0.454 e. The van der Waals surface area contributed by atoms with E-state index in [0.717, 1.165) is 29.5 Å². The first kappa shape index (κ1) is 20.5. The van der Waals surface area contributed by atoms with Gasteiger partial charge in [-0.3, -0.25) is 4.79 Å². The second kappa shape index (κ2) is 7.32. The molecule has 32 heavy (non-hydrogen) atoms. The first-order chi connectivity index (χ1) is 15.3. The fourth-order valence-corrected chi connectivity index (χ4v) is 4.47. The summed E-state index contributed by atoms with van der Waals surface area (Å²) in [5, 5.41) is 8.19. The summed E-state index contributed by atoms with van der Waals surface area (Å²) < 4.78 is 34.1. The maximum atomic E-state index is 13.2. The molecule has 9 heteroatoms. The van der Waals surface area contributed by atoms with Gasteiger partial charge in [0.2, 0.25) is 22.7 Å². The molecule has 164 valence electrons. The van der Waals surface area contributed by atoms with Crippen LogP contribution in [0.1, 0.15) is 24.0 Å². The van der Waals surface area contributed by atoms with Gasteiger partial charge in [-0.1, -0.05) is 18.2 Å². The number of hydrogen-bond donors (Lipinski definition) is 2. The quantitative estimate of drug-likeness (QED) is 0.615. The summed E-state index contributed by atoms with van der Waals surface area (Å²) in [5.74, 6) is 1.69. The highest BCUT2D eigenvalue weighted by molar-refractivity contribution is 7.89. The van der Waals surface area contributed by atoms with Gasteiger partial charge in [0.25, 0.3) is 0 Å². The molecular formula is C23H21N3O5S. The van der Waals surface area contributed by atoms with Crippen LogP contribution in [0.2, 0.25) is 0 Å². The summed E-state index contributed by atoms with van der Waals surface area (Å²) in [6.07, 6.45) is 3.09. The highest BCUT2D eigenvalue weighted by atomic mass is 32.2. The molecule has 2 heterocycles. The average Bonchev–Trinajstić information content (AvgIpc) is 3.45. The molecule has 2 aromatic carbocycles. The van der Waals surface area contributed by atoms with Gasteiger partial charge < -0.3 is 14.8 Å². The largest absolute Gasteiger partial charge is 0.454 e. The van der Waals surface area contributed by atoms with Gasteiger partial charge in [-0.2, -0.15) is 0 Å². The van der Waals surface area contributed by atoms with E-state index in [2.05, 4.69) is 10.3 Å². The van der Waals surface area contributed by atoms with Crippen molar-refractivity contribution in [2.45, 2.75) is 30.1 Å². The number of hydrogen-bond acceptors (Lipinski definition) is 6. The Balaban J connectivity index is 1.38. The normalized spacial score (nSPS) is 15.9. The van der Waals surface area contributed by atoms with Crippen LogP contribution in [-0.4, -0.2) is 26.1 Å². The Morgan fingerprint density at radius 3 is 2.56 bits per heavy atom. The molecule has 3 aromatic rings. The second-order valence-corrected chi connectivity index (χ2v) is 9.63. The van der Waals surface area contributed by atoms with Crippen molar-refractivity contribution in [3.63, 3.8) is 0 Å². The van der Waals surface area contributed by atoms with E-state index in [-0.39, 0.29) is 17.6 Å². The number of fused-ring (bicyclic) bond motifs is 1. The lowest BCUT2D eigenvalue weighted by Crippen LogP contribution is -2.28. The third-order valence-electron chi connectivity index (χ3n) is 5.92. The Morgan fingerprint density at radius 2 is 1.84 bits per heavy atom. The lowest BCUT2D eigenvalue weighted by atomic mass is 9.94. The summed E-state index contributed by atoms with van der Waals surface area (Å²) >= 11 is 0. The zero-order valence-electron chi connectivity index (χ0n) is 17.3. The molecule has 0 unspecified atom stereocenters. The number of carbonyl (C=O) groups excluding carboxylic acids is 1. The maximum absolute atomic E-state index is 13.2. The van der Waals surface area contributed by atoms with Crippen molar-refractivity contribution in [1.82, 2.24) is 4.98 Å². The Labute approximate surface area is 185 Å². The number of nitrogens with one attached hydrogen (secondary N) is 1. The van der Waals surface area contributed by atoms with Gasteiger partial charge in [0, 0.05) is 11.8 Å². The lowest BCUT2D eigenvalue weighted by Gasteiger charge is -2.17. The Morgan fingerprint density at radius 1 is 1.06 bits per heavy atom. The Bertz CT molecular complexity index is 1350. The van der Waals surface area contributed by atoms with E-state index in [0.29, 0.717) is 22.9 Å². The second-order valence-electron chi connectivity index (χ2n) is 8.07. The molecule has 0 bridgehead atoms. The van der Waals surface area contributed by atoms with E-state index in [4.69, 9.17) is 14.6 Å². The number of ether oxygens (including phenoxy) is 2. The van der Waals surface area contributed by atoms with Crippen molar-refractivity contribution in [3.05, 3.63) is 65.9 Å². The molecule has 1 aliphatic carbocycles. The zero-order valence-corrected chi connectivity index (χ0v) is 18.1. The number of sulfonamides is 1. The van der Waals surface area contributed by atoms with E-state index in [1.807, 2.05) is 31.2 Å². The summed E-state index contributed by atoms with van der Waals surface area (Å²) in [5.41, 5.74) is 2.45. The third kappa shape index (κ3) is 3.59. The average molecular weight is 452 g/mol. The molecule has 5 rings (SSSR count). The van der Waals surface area contributed by atoms with Crippen molar-refractivity contribution >= 4 is 21.7 Å². The number of primary sulfonamides is 1. The highest BCUT2D eigenvalue weighted by Crippen LogP contribution is 2.51. The van der Waals surface area contributed by atoms with E-state index in [9.17, 15) is 13.2 Å². The molecule has 1 fully saturated rings. The monoisotopic (exact) mass is 451 g/mol. The van der Waals surface area contributed by atoms with Gasteiger partial charge in [0.05, 0.1) is 10.3 Å². The maximum Gasteiger partial charge on any atom is 0.238 e. The zero-order chi connectivity index (χ0) is 22.5. The Kier molecular flexibility index (Phi) is 4.68. The van der Waals surface area contributed by atoms with Crippen LogP contribution in [0.25, 0.3) is 11.1 Å². The van der Waals surface area contributed by atoms with E-state index in [1.165, 1.54) is 12.1 Å². The predicted molar refractivity (Wildman–Crippen MR) is 118 cm³/mol.